The molecule has 0 heteroatoms. The van der Waals surface area contributed by atoms with Crippen molar-refractivity contribution in [2.45, 2.75) is 613 Å². The molecule has 0 saturated heterocycles. The highest BCUT2D eigenvalue weighted by molar-refractivity contribution is 5.26. The van der Waals surface area contributed by atoms with Crippen molar-refractivity contribution >= 4 is 0 Å². The fourth-order valence-corrected chi connectivity index (χ4v) is 32.1. The molecule has 854 valence electrons. The van der Waals surface area contributed by atoms with Crippen LogP contribution in [0.2, 0.25) is 0 Å². The van der Waals surface area contributed by atoms with Crippen LogP contribution in [0.1, 0.15) is 641 Å². The van der Waals surface area contributed by atoms with E-state index in [4.69, 9.17) is 0 Å². The van der Waals surface area contributed by atoms with E-state index in [1.165, 1.54) is 358 Å². The maximum Gasteiger partial charge on any atom is 0 e. The van der Waals surface area contributed by atoms with E-state index >= 15 is 0 Å². The van der Waals surface area contributed by atoms with Crippen LogP contribution >= 0.6 is 0 Å². The minimum atomic E-state index is 0. The minimum absolute atomic E-state index is 0. The van der Waals surface area contributed by atoms with Gasteiger partial charge in [-0.15, -0.1) is 0 Å². The Morgan fingerprint density at radius 1 is 0.181 bits per heavy atom. The van der Waals surface area contributed by atoms with E-state index in [2.05, 4.69) is 211 Å². The molecule has 2 unspecified atom stereocenters. The Morgan fingerprint density at radius 3 is 0.590 bits per heavy atom. The topological polar surface area (TPSA) is 0 Å². The molecule has 2 aromatic rings. The summed E-state index contributed by atoms with van der Waals surface area (Å²) < 4.78 is 0. The largest absolute Gasteiger partial charge is 0.0853 e. The lowest BCUT2D eigenvalue weighted by atomic mass is 9.70. The zero-order chi connectivity index (χ0) is 102. The molecule has 2 atom stereocenters. The highest BCUT2D eigenvalue weighted by atomic mass is 14.4. The lowest BCUT2D eigenvalue weighted by Gasteiger charge is -2.36. The van der Waals surface area contributed by atoms with Crippen LogP contribution in [0.15, 0.2) is 84.0 Å². The quantitative estimate of drug-likeness (QED) is 0.175. The average Bonchev–Trinajstić information content (AvgIpc) is 0.876. The number of hydrogen-bond donors (Lipinski definition) is 0. The van der Waals surface area contributed by atoms with Gasteiger partial charge in [0, 0.05) is 20.0 Å². The molecule has 0 bridgehead atoms. The normalized spacial score (nSPS) is 39.6. The Balaban J connectivity index is -0.000000826. The lowest BCUT2D eigenvalue weighted by Crippen LogP contribution is -2.24. The fraction of sp³-hybridized carbons (Fsp3) is 0.875. The van der Waals surface area contributed by atoms with Crippen molar-refractivity contribution in [3.8, 4) is 0 Å². The van der Waals surface area contributed by atoms with Crippen LogP contribution in [0, 0.1) is 203 Å². The molecule has 0 nitrogen and oxygen atoms in total. The predicted octanol–water partition coefficient (Wildman–Crippen LogP) is 50.3. The Kier molecular flexibility index (Phi) is 57.1. The molecule has 0 aromatic heterocycles. The summed E-state index contributed by atoms with van der Waals surface area (Å²) in [5, 5.41) is 0. The van der Waals surface area contributed by atoms with Gasteiger partial charge in [-0.3, -0.25) is 0 Å². The van der Waals surface area contributed by atoms with Gasteiger partial charge >= 0.3 is 0 Å². The second kappa shape index (κ2) is 67.5. The van der Waals surface area contributed by atoms with Crippen molar-refractivity contribution in [3.05, 3.63) is 106 Å². The van der Waals surface area contributed by atoms with Gasteiger partial charge < -0.3 is 0 Å². The highest BCUT2D eigenvalue weighted by Crippen LogP contribution is 2.50. The van der Waals surface area contributed by atoms with E-state index in [1.54, 1.807) is 132 Å². The smallest absolute Gasteiger partial charge is 0 e. The van der Waals surface area contributed by atoms with E-state index in [-0.39, 0.29) is 20.0 Å². The summed E-state index contributed by atoms with van der Waals surface area (Å²) in [6, 6.07) is 18.2. The maximum atomic E-state index is 2.56. The number of benzene rings is 2. The molecule has 0 heterocycles. The van der Waals surface area contributed by atoms with Crippen molar-refractivity contribution in [2.24, 2.45) is 189 Å². The fourth-order valence-electron chi connectivity index (χ4n) is 32.1. The van der Waals surface area contributed by atoms with Crippen LogP contribution in [-0.2, 0) is 0 Å². The van der Waals surface area contributed by atoms with Gasteiger partial charge in [0.1, 0.15) is 0 Å². The molecule has 16 fully saturated rings. The number of allylic oxidation sites excluding steroid dienone is 6. The molecule has 0 spiro atoms. The molecule has 2 aromatic carbocycles. The zero-order valence-electron chi connectivity index (χ0n) is 100. The highest BCUT2D eigenvalue weighted by Gasteiger charge is 2.36. The molecule has 0 amide bonds. The van der Waals surface area contributed by atoms with Crippen molar-refractivity contribution < 1.29 is 20.0 Å². The van der Waals surface area contributed by atoms with Crippen LogP contribution in [0.5, 0.6) is 0 Å². The van der Waals surface area contributed by atoms with Gasteiger partial charge in [-0.25, -0.2) is 0 Å². The molecule has 18 aliphatic rings. The lowest BCUT2D eigenvalue weighted by molar-refractivity contribution is 0.155. The second-order valence-electron chi connectivity index (χ2n) is 58.4. The second-order valence-corrected chi connectivity index (χ2v) is 58.4. The standard InChI is InChI=1S/C16H30.C16H28.4C14H26.2C14H24.2C14H20.14H2/c2*1-13-3-7-15(8-4-13)11-12-16-9-5-14(2)6-10-16;8*1-11-3-7-13(8-4-11)14-9-5-12(2)6-10-14;;;;;;;;;;;;;;/h13-16H,3-12H2,1-2H3;11-16H,3-10H2,1-2H3;4*11-14H,3-10H2,1-2H3;7,11-12,14H,3-6,8-10H2,1-2H3;3,12-14H,4-10H2,1-2H3;2*3-4,7-8,12,14H,5-6,9-10H2,1-2H3;14*1H/b;12-11+;;;;;;;;;;;;;;;;;;;;;;. The first-order valence-electron chi connectivity index (χ1n) is 66.7. The van der Waals surface area contributed by atoms with Gasteiger partial charge in [0.15, 0.2) is 0 Å². The molecule has 20 rings (SSSR count). The van der Waals surface area contributed by atoms with Gasteiger partial charge in [0.05, 0.1) is 0 Å². The van der Waals surface area contributed by atoms with Crippen LogP contribution in [0.4, 0.5) is 0 Å². The summed E-state index contributed by atoms with van der Waals surface area (Å²) in [6.45, 7) is 47.7. The van der Waals surface area contributed by atoms with Crippen molar-refractivity contribution in [3.63, 3.8) is 0 Å². The Hall–Kier alpha value is -2.34. The molecular weight excluding hydrogens is 1730 g/mol. The van der Waals surface area contributed by atoms with Crippen molar-refractivity contribution in [1.82, 2.24) is 0 Å². The van der Waals surface area contributed by atoms with Crippen molar-refractivity contribution in [1.29, 1.82) is 0 Å². The van der Waals surface area contributed by atoms with E-state index in [0.29, 0.717) is 0 Å². The molecule has 0 aliphatic heterocycles. The summed E-state index contributed by atoms with van der Waals surface area (Å²) in [4.78, 5) is 0. The molecule has 16 saturated carbocycles. The van der Waals surface area contributed by atoms with Gasteiger partial charge in [-0.1, -0.05) is 457 Å². The van der Waals surface area contributed by atoms with Crippen molar-refractivity contribution in [2.75, 3.05) is 0 Å². The Bertz CT molecular complexity index is 3280. The number of aryl methyl sites for hydroxylation is 2. The third-order valence-electron chi connectivity index (χ3n) is 45.0. The third kappa shape index (κ3) is 46.8. The first-order chi connectivity index (χ1) is 69.5. The Morgan fingerprint density at radius 2 is 0.382 bits per heavy atom. The summed E-state index contributed by atoms with van der Waals surface area (Å²) in [5.74, 6) is 34.7. The van der Waals surface area contributed by atoms with E-state index < -0.39 is 0 Å². The minimum Gasteiger partial charge on any atom is -0.0853 e. The first-order valence-corrected chi connectivity index (χ1v) is 66.7. The molecule has 144 heavy (non-hydrogen) atoms. The van der Waals surface area contributed by atoms with Gasteiger partial charge in [-0.05, 0) is 451 Å². The third-order valence-corrected chi connectivity index (χ3v) is 45.0. The van der Waals surface area contributed by atoms with Crippen LogP contribution in [0.3, 0.4) is 0 Å². The van der Waals surface area contributed by atoms with Crippen LogP contribution < -0.4 is 0 Å². The summed E-state index contributed by atoms with van der Waals surface area (Å²) in [7, 11) is 0. The summed E-state index contributed by atoms with van der Waals surface area (Å²) >= 11 is 0. The molecular formula is C144H278. The molecule has 0 radical (unpaired) electrons. The van der Waals surface area contributed by atoms with E-state index in [0.717, 1.165) is 201 Å². The maximum absolute atomic E-state index is 2.56. The monoisotopic (exact) mass is 2010 g/mol. The summed E-state index contributed by atoms with van der Waals surface area (Å²) in [5.41, 5.74) is 9.31. The van der Waals surface area contributed by atoms with E-state index in [1.807, 2.05) is 5.57 Å². The number of rotatable bonds is 13. The molecule has 18 aliphatic carbocycles. The molecule has 0 N–H and O–H groups in total. The predicted molar refractivity (Wildman–Crippen MR) is 669 cm³/mol. The average molecular weight is 2010 g/mol. The van der Waals surface area contributed by atoms with E-state index in [9.17, 15) is 0 Å². The van der Waals surface area contributed by atoms with Gasteiger partial charge in [-0.2, -0.15) is 0 Å². The Labute approximate surface area is 922 Å². The van der Waals surface area contributed by atoms with Crippen LogP contribution in [0.25, 0.3) is 0 Å². The number of hydrogen-bond acceptors (Lipinski definition) is 0. The zero-order valence-corrected chi connectivity index (χ0v) is 100. The first kappa shape index (κ1) is 122. The SMILES string of the molecule is CC1=CCC(C2CCC(C)CC2)CC1.CC1CC=C(C2CCC(C)CC2)CC1.CC1CCC(/C=C/C2CCC(C)CC2)CC1.CC1CCC(C2CCC(C)CC2)CC1.CC1CCC(C2CCC(C)CC2)CC1.CC1CCC(C2CCC(C)CC2)CC1.CC1CCC(C2CCC(C)CC2)CC1.CC1CCC(CCC2CCC(C)CC2)CC1.Cc1ccc(C2CCC(C)CC2)cc1.Cc1ccc(C2CCC(C)CC2)cc1.[HH].[HH].[HH].[HH].[HH].[HH].[HH].[HH].[HH].[HH].[HH].[HH].[HH].[HH]. The van der Waals surface area contributed by atoms with Gasteiger partial charge in [0.2, 0.25) is 0 Å². The van der Waals surface area contributed by atoms with Crippen LogP contribution in [-0.4, -0.2) is 0 Å². The summed E-state index contributed by atoms with van der Waals surface area (Å²) in [6.07, 6.45) is 117. The van der Waals surface area contributed by atoms with Gasteiger partial charge in [0.25, 0.3) is 0 Å².